The fraction of sp³-hybridized carbons (Fsp3) is 0.0833. The van der Waals surface area contributed by atoms with Crippen LogP contribution in [0.2, 0.25) is 0 Å². The highest BCUT2D eigenvalue weighted by molar-refractivity contribution is 9.08. The topological polar surface area (TPSA) is 22.0 Å². The molecular formula is C12H10BrNO. The Bertz CT molecular complexity index is 502. The van der Waals surface area contributed by atoms with Crippen molar-refractivity contribution in [3.8, 4) is 5.69 Å². The first-order chi connectivity index (χ1) is 7.31. The first-order valence-electron chi connectivity index (χ1n) is 4.64. The van der Waals surface area contributed by atoms with E-state index in [0.29, 0.717) is 0 Å². The summed E-state index contributed by atoms with van der Waals surface area (Å²) in [5.41, 5.74) is 2.08. The highest BCUT2D eigenvalue weighted by atomic mass is 79.9. The van der Waals surface area contributed by atoms with Gasteiger partial charge in [-0.15, -0.1) is 0 Å². The van der Waals surface area contributed by atoms with Gasteiger partial charge in [-0.1, -0.05) is 34.1 Å². The molecule has 1 heterocycles. The summed E-state index contributed by atoms with van der Waals surface area (Å²) < 4.78 is 1.62. The predicted molar refractivity (Wildman–Crippen MR) is 64.7 cm³/mol. The molecule has 0 aliphatic heterocycles. The van der Waals surface area contributed by atoms with E-state index >= 15 is 0 Å². The summed E-state index contributed by atoms with van der Waals surface area (Å²) in [6.07, 6.45) is 1.77. The molecule has 15 heavy (non-hydrogen) atoms. The molecule has 0 N–H and O–H groups in total. The SMILES string of the molecule is O=c1ccccn1-c1ccc(CBr)cc1. The van der Waals surface area contributed by atoms with Crippen molar-refractivity contribution in [1.29, 1.82) is 0 Å². The van der Waals surface area contributed by atoms with E-state index in [1.807, 2.05) is 30.3 Å². The van der Waals surface area contributed by atoms with Crippen LogP contribution in [0.1, 0.15) is 5.56 Å². The van der Waals surface area contributed by atoms with Crippen LogP contribution in [0.25, 0.3) is 5.69 Å². The summed E-state index contributed by atoms with van der Waals surface area (Å²) in [6.45, 7) is 0. The summed E-state index contributed by atoms with van der Waals surface area (Å²) in [7, 11) is 0. The van der Waals surface area contributed by atoms with Crippen LogP contribution in [0, 0.1) is 0 Å². The highest BCUT2D eigenvalue weighted by Crippen LogP contribution is 2.10. The third-order valence-electron chi connectivity index (χ3n) is 2.19. The molecular weight excluding hydrogens is 254 g/mol. The van der Waals surface area contributed by atoms with Gasteiger partial charge in [0, 0.05) is 23.3 Å². The molecule has 0 aliphatic rings. The Labute approximate surface area is 96.3 Å². The maximum Gasteiger partial charge on any atom is 0.255 e. The van der Waals surface area contributed by atoms with Gasteiger partial charge in [-0.2, -0.15) is 0 Å². The van der Waals surface area contributed by atoms with Crippen molar-refractivity contribution in [1.82, 2.24) is 4.57 Å². The minimum Gasteiger partial charge on any atom is -0.284 e. The second-order valence-corrected chi connectivity index (χ2v) is 3.77. The van der Waals surface area contributed by atoms with Gasteiger partial charge in [-0.25, -0.2) is 0 Å². The molecule has 2 nitrogen and oxygen atoms in total. The monoisotopic (exact) mass is 263 g/mol. The number of nitrogens with zero attached hydrogens (tertiary/aromatic N) is 1. The lowest BCUT2D eigenvalue weighted by atomic mass is 10.2. The largest absolute Gasteiger partial charge is 0.284 e. The standard InChI is InChI=1S/C12H10BrNO/c13-9-10-4-6-11(7-5-10)14-8-2-1-3-12(14)15/h1-8H,9H2. The van der Waals surface area contributed by atoms with Crippen LogP contribution in [-0.4, -0.2) is 4.57 Å². The summed E-state index contributed by atoms with van der Waals surface area (Å²) in [5, 5.41) is 0.830. The van der Waals surface area contributed by atoms with E-state index in [0.717, 1.165) is 11.0 Å². The predicted octanol–water partition coefficient (Wildman–Crippen LogP) is 2.73. The second-order valence-electron chi connectivity index (χ2n) is 3.21. The number of rotatable bonds is 2. The van der Waals surface area contributed by atoms with Gasteiger partial charge in [0.25, 0.3) is 5.56 Å². The van der Waals surface area contributed by atoms with Crippen molar-refractivity contribution in [2.45, 2.75) is 5.33 Å². The average molecular weight is 264 g/mol. The van der Waals surface area contributed by atoms with Crippen molar-refractivity contribution >= 4 is 15.9 Å². The Hall–Kier alpha value is -1.35. The quantitative estimate of drug-likeness (QED) is 0.764. The minimum absolute atomic E-state index is 0.0101. The minimum atomic E-state index is -0.0101. The van der Waals surface area contributed by atoms with Crippen LogP contribution in [0.5, 0.6) is 0 Å². The average Bonchev–Trinajstić information content (AvgIpc) is 2.30. The van der Waals surface area contributed by atoms with E-state index in [-0.39, 0.29) is 5.56 Å². The Kier molecular flexibility index (Phi) is 3.02. The van der Waals surface area contributed by atoms with Gasteiger partial charge in [-0.3, -0.25) is 9.36 Å². The first-order valence-corrected chi connectivity index (χ1v) is 5.76. The van der Waals surface area contributed by atoms with Gasteiger partial charge < -0.3 is 0 Å². The molecule has 0 aliphatic carbocycles. The summed E-state index contributed by atoms with van der Waals surface area (Å²) in [4.78, 5) is 11.5. The van der Waals surface area contributed by atoms with Crippen molar-refractivity contribution in [2.24, 2.45) is 0 Å². The molecule has 0 amide bonds. The van der Waals surface area contributed by atoms with E-state index in [1.165, 1.54) is 5.56 Å². The lowest BCUT2D eigenvalue weighted by molar-refractivity contribution is 0.989. The Morgan fingerprint density at radius 1 is 1.07 bits per heavy atom. The first kappa shape index (κ1) is 10.2. The van der Waals surface area contributed by atoms with E-state index < -0.39 is 0 Å². The zero-order valence-corrected chi connectivity index (χ0v) is 9.65. The molecule has 0 unspecified atom stereocenters. The van der Waals surface area contributed by atoms with Crippen LogP contribution >= 0.6 is 15.9 Å². The lowest BCUT2D eigenvalue weighted by Gasteiger charge is -2.05. The fourth-order valence-corrected chi connectivity index (χ4v) is 1.76. The molecule has 0 spiro atoms. The summed E-state index contributed by atoms with van der Waals surface area (Å²) >= 11 is 3.38. The van der Waals surface area contributed by atoms with Gasteiger partial charge in [0.15, 0.2) is 0 Å². The van der Waals surface area contributed by atoms with Crippen molar-refractivity contribution in [3.63, 3.8) is 0 Å². The van der Waals surface area contributed by atoms with Crippen LogP contribution in [0.3, 0.4) is 0 Å². The summed E-state index contributed by atoms with van der Waals surface area (Å²) in [5.74, 6) is 0. The molecule has 1 aromatic heterocycles. The molecule has 76 valence electrons. The third-order valence-corrected chi connectivity index (χ3v) is 2.84. The molecule has 0 bridgehead atoms. The fourth-order valence-electron chi connectivity index (χ4n) is 1.39. The number of alkyl halides is 1. The molecule has 2 aromatic rings. The number of halogens is 1. The molecule has 1 aromatic carbocycles. The number of aromatic nitrogens is 1. The van der Waals surface area contributed by atoms with Gasteiger partial charge in [0.2, 0.25) is 0 Å². The van der Waals surface area contributed by atoms with Crippen molar-refractivity contribution in [3.05, 3.63) is 64.6 Å². The van der Waals surface area contributed by atoms with E-state index in [1.54, 1.807) is 22.9 Å². The van der Waals surface area contributed by atoms with Crippen LogP contribution in [0.15, 0.2) is 53.5 Å². The van der Waals surface area contributed by atoms with E-state index in [9.17, 15) is 4.79 Å². The second kappa shape index (κ2) is 4.45. The number of benzene rings is 1. The molecule has 0 fully saturated rings. The van der Waals surface area contributed by atoms with E-state index in [4.69, 9.17) is 0 Å². The number of pyridine rings is 1. The number of hydrogen-bond acceptors (Lipinski definition) is 1. The zero-order chi connectivity index (χ0) is 10.7. The van der Waals surface area contributed by atoms with Crippen LogP contribution < -0.4 is 5.56 Å². The lowest BCUT2D eigenvalue weighted by Crippen LogP contribution is -2.15. The molecule has 0 atom stereocenters. The van der Waals surface area contributed by atoms with Crippen LogP contribution in [0.4, 0.5) is 0 Å². The molecule has 0 saturated heterocycles. The maximum absolute atomic E-state index is 11.5. The third kappa shape index (κ3) is 2.18. The highest BCUT2D eigenvalue weighted by Gasteiger charge is 1.97. The Morgan fingerprint density at radius 3 is 2.40 bits per heavy atom. The molecule has 2 rings (SSSR count). The van der Waals surface area contributed by atoms with Gasteiger partial charge in [-0.05, 0) is 23.8 Å². The summed E-state index contributed by atoms with van der Waals surface area (Å²) in [6, 6.07) is 13.0. The molecule has 0 saturated carbocycles. The van der Waals surface area contributed by atoms with E-state index in [2.05, 4.69) is 15.9 Å². The number of hydrogen-bond donors (Lipinski definition) is 0. The zero-order valence-electron chi connectivity index (χ0n) is 8.06. The van der Waals surface area contributed by atoms with Crippen molar-refractivity contribution < 1.29 is 0 Å². The van der Waals surface area contributed by atoms with Gasteiger partial charge >= 0.3 is 0 Å². The Balaban J connectivity index is 2.46. The molecule has 3 heteroatoms. The maximum atomic E-state index is 11.5. The van der Waals surface area contributed by atoms with Gasteiger partial charge in [0.1, 0.15) is 0 Å². The van der Waals surface area contributed by atoms with Gasteiger partial charge in [0.05, 0.1) is 0 Å². The normalized spacial score (nSPS) is 10.2. The molecule has 0 radical (unpaired) electrons. The smallest absolute Gasteiger partial charge is 0.255 e. The van der Waals surface area contributed by atoms with Crippen molar-refractivity contribution in [2.75, 3.05) is 0 Å². The Morgan fingerprint density at radius 2 is 1.80 bits per heavy atom. The van der Waals surface area contributed by atoms with Crippen LogP contribution in [-0.2, 0) is 5.33 Å².